The number of hydrogen-bond donors (Lipinski definition) is 2. The maximum absolute atomic E-state index is 13.0. The number of aromatic nitrogens is 1. The van der Waals surface area contributed by atoms with Crippen molar-refractivity contribution in [3.8, 4) is 0 Å². The zero-order valence-corrected chi connectivity index (χ0v) is 16.2. The molecule has 0 saturated heterocycles. The van der Waals surface area contributed by atoms with Crippen molar-refractivity contribution < 1.29 is 4.79 Å². The van der Waals surface area contributed by atoms with Crippen LogP contribution in [0.15, 0.2) is 24.4 Å². The van der Waals surface area contributed by atoms with E-state index in [1.807, 2.05) is 0 Å². The van der Waals surface area contributed by atoms with Gasteiger partial charge in [-0.25, -0.2) is 0 Å². The number of rotatable bonds is 4. The molecule has 26 heavy (non-hydrogen) atoms. The third-order valence-electron chi connectivity index (χ3n) is 6.05. The number of nitrogens with zero attached hydrogens (tertiary/aromatic N) is 1. The van der Waals surface area contributed by atoms with Crippen LogP contribution in [-0.2, 0) is 18.3 Å². The molecular weight excluding hydrogens is 322 g/mol. The van der Waals surface area contributed by atoms with E-state index in [9.17, 15) is 4.79 Å². The number of hydrogen-bond acceptors (Lipinski definition) is 2. The minimum Gasteiger partial charge on any atom is -0.352 e. The predicted octanol–water partition coefficient (Wildman–Crippen LogP) is 3.84. The number of amides is 1. The lowest BCUT2D eigenvalue weighted by molar-refractivity contribution is -0.124. The Hall–Kier alpha value is -1.81. The summed E-state index contributed by atoms with van der Waals surface area (Å²) in [5.41, 5.74) is 3.91. The first-order valence-corrected chi connectivity index (χ1v) is 10.2. The van der Waals surface area contributed by atoms with E-state index in [1.165, 1.54) is 34.9 Å². The molecule has 0 bridgehead atoms. The Morgan fingerprint density at radius 2 is 2.08 bits per heavy atom. The molecule has 2 atom stereocenters. The number of benzene rings is 1. The fourth-order valence-electron chi connectivity index (χ4n) is 4.83. The summed E-state index contributed by atoms with van der Waals surface area (Å²) in [7, 11) is 2.11. The Labute approximate surface area is 156 Å². The van der Waals surface area contributed by atoms with Gasteiger partial charge in [-0.1, -0.05) is 38.8 Å². The van der Waals surface area contributed by atoms with E-state index in [1.54, 1.807) is 0 Å². The third kappa shape index (κ3) is 3.27. The molecule has 1 aliphatic heterocycles. The van der Waals surface area contributed by atoms with Crippen molar-refractivity contribution in [2.75, 3.05) is 0 Å². The van der Waals surface area contributed by atoms with Crippen LogP contribution in [-0.4, -0.2) is 22.6 Å². The van der Waals surface area contributed by atoms with Crippen LogP contribution in [0.5, 0.6) is 0 Å². The Balaban J connectivity index is 1.68. The quantitative estimate of drug-likeness (QED) is 0.877. The first-order chi connectivity index (χ1) is 12.5. The van der Waals surface area contributed by atoms with Gasteiger partial charge >= 0.3 is 0 Å². The van der Waals surface area contributed by atoms with Gasteiger partial charge < -0.3 is 9.88 Å². The Morgan fingerprint density at radius 3 is 2.81 bits per heavy atom. The average molecular weight is 354 g/mol. The molecule has 0 spiro atoms. The van der Waals surface area contributed by atoms with Crippen molar-refractivity contribution >= 4 is 16.8 Å². The van der Waals surface area contributed by atoms with E-state index in [0.717, 1.165) is 25.7 Å². The SMILES string of the molecule is CC(C)C[C@@H]1N[C@H](C(=O)NC2CCCC2)Cc2cn(C)c3cccc1c23. The van der Waals surface area contributed by atoms with Gasteiger partial charge in [0.05, 0.1) is 6.04 Å². The standard InChI is InChI=1S/C22H31N3O/c1-14(2)11-18-17-9-6-10-20-21(17)15(13-25(20)3)12-19(24-18)22(26)23-16-7-4-5-8-16/h6,9-10,13-14,16,18-19,24H,4-5,7-8,11-12H2,1-3H3,(H,23,26)/t18-,19-/m0/s1. The number of carbonyl (C=O) groups excluding carboxylic acids is 1. The van der Waals surface area contributed by atoms with Gasteiger partial charge in [-0.15, -0.1) is 0 Å². The van der Waals surface area contributed by atoms with Gasteiger partial charge in [-0.3, -0.25) is 10.1 Å². The molecule has 2 heterocycles. The number of carbonyl (C=O) groups is 1. The van der Waals surface area contributed by atoms with Gasteiger partial charge in [-0.05, 0) is 48.8 Å². The van der Waals surface area contributed by atoms with Crippen molar-refractivity contribution in [1.82, 2.24) is 15.2 Å². The summed E-state index contributed by atoms with van der Waals surface area (Å²) in [6, 6.07) is 7.01. The maximum Gasteiger partial charge on any atom is 0.237 e. The summed E-state index contributed by atoms with van der Waals surface area (Å²) in [4.78, 5) is 13.0. The largest absolute Gasteiger partial charge is 0.352 e. The molecular formula is C22H31N3O. The summed E-state index contributed by atoms with van der Waals surface area (Å²) in [6.07, 6.45) is 8.76. The Bertz CT molecular complexity index is 801. The zero-order valence-electron chi connectivity index (χ0n) is 16.2. The molecule has 1 aromatic heterocycles. The molecule has 0 unspecified atom stereocenters. The van der Waals surface area contributed by atoms with Crippen molar-refractivity contribution in [2.45, 2.75) is 70.5 Å². The summed E-state index contributed by atoms with van der Waals surface area (Å²) >= 11 is 0. The van der Waals surface area contributed by atoms with E-state index < -0.39 is 0 Å². The van der Waals surface area contributed by atoms with E-state index in [2.05, 4.69) is 60.5 Å². The van der Waals surface area contributed by atoms with E-state index >= 15 is 0 Å². The van der Waals surface area contributed by atoms with Crippen LogP contribution in [0.1, 0.15) is 63.1 Å². The van der Waals surface area contributed by atoms with Crippen LogP contribution in [0, 0.1) is 5.92 Å². The molecule has 4 heteroatoms. The number of aryl methyl sites for hydroxylation is 1. The highest BCUT2D eigenvalue weighted by Gasteiger charge is 2.31. The average Bonchev–Trinajstić information content (AvgIpc) is 3.17. The molecule has 1 aliphatic carbocycles. The van der Waals surface area contributed by atoms with Crippen LogP contribution < -0.4 is 10.6 Å². The first kappa shape index (κ1) is 17.6. The number of nitrogens with one attached hydrogen (secondary N) is 2. The van der Waals surface area contributed by atoms with Gasteiger partial charge in [0.15, 0.2) is 0 Å². The molecule has 4 rings (SSSR count). The van der Waals surface area contributed by atoms with Gasteiger partial charge in [0, 0.05) is 36.2 Å². The molecule has 2 N–H and O–H groups in total. The van der Waals surface area contributed by atoms with Crippen LogP contribution >= 0.6 is 0 Å². The summed E-state index contributed by atoms with van der Waals surface area (Å²) in [5.74, 6) is 0.752. The van der Waals surface area contributed by atoms with Crippen molar-refractivity contribution in [3.63, 3.8) is 0 Å². The molecule has 0 radical (unpaired) electrons. The molecule has 4 nitrogen and oxygen atoms in total. The smallest absolute Gasteiger partial charge is 0.237 e. The van der Waals surface area contributed by atoms with Crippen LogP contribution in [0.25, 0.3) is 10.9 Å². The molecule has 140 valence electrons. The van der Waals surface area contributed by atoms with E-state index in [4.69, 9.17) is 0 Å². The maximum atomic E-state index is 13.0. The molecule has 2 aromatic rings. The van der Waals surface area contributed by atoms with Crippen LogP contribution in [0.2, 0.25) is 0 Å². The van der Waals surface area contributed by atoms with E-state index in [0.29, 0.717) is 12.0 Å². The second-order valence-electron chi connectivity index (χ2n) is 8.60. The van der Waals surface area contributed by atoms with Gasteiger partial charge in [0.1, 0.15) is 0 Å². The lowest BCUT2D eigenvalue weighted by Gasteiger charge is -2.26. The highest BCUT2D eigenvalue weighted by Crippen LogP contribution is 2.35. The van der Waals surface area contributed by atoms with Crippen molar-refractivity contribution in [3.05, 3.63) is 35.5 Å². The normalized spacial score (nSPS) is 23.5. The van der Waals surface area contributed by atoms with Gasteiger partial charge in [-0.2, -0.15) is 0 Å². The summed E-state index contributed by atoms with van der Waals surface area (Å²) < 4.78 is 2.21. The second-order valence-corrected chi connectivity index (χ2v) is 8.60. The Morgan fingerprint density at radius 1 is 1.31 bits per heavy atom. The molecule has 1 fully saturated rings. The van der Waals surface area contributed by atoms with Crippen LogP contribution in [0.4, 0.5) is 0 Å². The monoisotopic (exact) mass is 353 g/mol. The fourth-order valence-corrected chi connectivity index (χ4v) is 4.83. The molecule has 1 aromatic carbocycles. The fraction of sp³-hybridized carbons (Fsp3) is 0.591. The lowest BCUT2D eigenvalue weighted by Crippen LogP contribution is -2.49. The molecule has 1 amide bonds. The topological polar surface area (TPSA) is 46.1 Å². The van der Waals surface area contributed by atoms with Crippen LogP contribution in [0.3, 0.4) is 0 Å². The van der Waals surface area contributed by atoms with Crippen molar-refractivity contribution in [2.24, 2.45) is 13.0 Å². The van der Waals surface area contributed by atoms with E-state index in [-0.39, 0.29) is 18.0 Å². The first-order valence-electron chi connectivity index (χ1n) is 10.2. The second kappa shape index (κ2) is 7.07. The zero-order chi connectivity index (χ0) is 18.3. The highest BCUT2D eigenvalue weighted by molar-refractivity contribution is 5.90. The van der Waals surface area contributed by atoms with Crippen molar-refractivity contribution in [1.29, 1.82) is 0 Å². The Kier molecular flexibility index (Phi) is 4.78. The summed E-state index contributed by atoms with van der Waals surface area (Å²) in [5, 5.41) is 8.37. The molecule has 1 saturated carbocycles. The minimum atomic E-state index is -0.155. The molecule has 2 aliphatic rings. The summed E-state index contributed by atoms with van der Waals surface area (Å²) in [6.45, 7) is 4.51. The van der Waals surface area contributed by atoms with Gasteiger partial charge in [0.2, 0.25) is 5.91 Å². The van der Waals surface area contributed by atoms with Gasteiger partial charge in [0.25, 0.3) is 0 Å². The third-order valence-corrected chi connectivity index (χ3v) is 6.05. The highest BCUT2D eigenvalue weighted by atomic mass is 16.2. The minimum absolute atomic E-state index is 0.155. The lowest BCUT2D eigenvalue weighted by atomic mass is 9.94. The predicted molar refractivity (Wildman–Crippen MR) is 106 cm³/mol.